The fraction of sp³-hybridized carbons (Fsp3) is 0.579. The van der Waals surface area contributed by atoms with Crippen LogP contribution in [0.25, 0.3) is 0 Å². The molecule has 0 saturated carbocycles. The number of ether oxygens (including phenoxy) is 2. The van der Waals surface area contributed by atoms with Crippen molar-refractivity contribution >= 4 is 21.7 Å². The summed E-state index contributed by atoms with van der Waals surface area (Å²) in [6, 6.07) is 5.73. The van der Waals surface area contributed by atoms with Gasteiger partial charge in [-0.15, -0.1) is 0 Å². The summed E-state index contributed by atoms with van der Waals surface area (Å²) in [7, 11) is -1.42. The number of hydrogen-bond acceptors (Lipinski definition) is 9. The third-order valence-electron chi connectivity index (χ3n) is 5.05. The number of nitrogens with zero attached hydrogens (tertiary/aromatic N) is 1. The lowest BCUT2D eigenvalue weighted by Gasteiger charge is -2.34. The lowest BCUT2D eigenvalue weighted by atomic mass is 9.98. The van der Waals surface area contributed by atoms with Crippen molar-refractivity contribution in [2.24, 2.45) is 0 Å². The fourth-order valence-electron chi connectivity index (χ4n) is 3.30. The van der Waals surface area contributed by atoms with E-state index in [-0.39, 0.29) is 43.3 Å². The van der Waals surface area contributed by atoms with E-state index in [0.717, 1.165) is 5.23 Å². The Hall–Kier alpha value is -2.25. The van der Waals surface area contributed by atoms with Crippen LogP contribution < -0.4 is 10.2 Å². The number of amides is 2. The van der Waals surface area contributed by atoms with E-state index >= 15 is 0 Å². The molecule has 174 valence electrons. The average Bonchev–Trinajstić information content (AvgIpc) is 2.79. The third-order valence-corrected chi connectivity index (χ3v) is 7.57. The van der Waals surface area contributed by atoms with Crippen molar-refractivity contribution in [3.63, 3.8) is 0 Å². The average molecular weight is 461 g/mol. The molecule has 0 unspecified atom stereocenters. The van der Waals surface area contributed by atoms with E-state index in [9.17, 15) is 18.0 Å². The van der Waals surface area contributed by atoms with Crippen LogP contribution in [0.3, 0.4) is 0 Å². The zero-order valence-electron chi connectivity index (χ0n) is 17.5. The molecule has 1 aromatic carbocycles. The van der Waals surface area contributed by atoms with Gasteiger partial charge in [-0.25, -0.2) is 23.6 Å². The van der Waals surface area contributed by atoms with Crippen LogP contribution in [0.5, 0.6) is 5.75 Å². The summed E-state index contributed by atoms with van der Waals surface area (Å²) in [5.74, 6) is -0.826. The van der Waals surface area contributed by atoms with E-state index in [1.807, 2.05) is 0 Å². The van der Waals surface area contributed by atoms with Crippen LogP contribution >= 0.6 is 0 Å². The van der Waals surface area contributed by atoms with E-state index < -0.39 is 20.5 Å². The highest BCUT2D eigenvalue weighted by atomic mass is 32.2. The second-order valence-corrected chi connectivity index (χ2v) is 9.10. The van der Waals surface area contributed by atoms with Crippen molar-refractivity contribution in [2.75, 3.05) is 34.0 Å². The molecular weight excluding hydrogens is 432 g/mol. The largest absolute Gasteiger partial charge is 0.494 e. The first-order chi connectivity index (χ1) is 14.8. The summed E-state index contributed by atoms with van der Waals surface area (Å²) in [6.07, 6.45) is 1.26. The molecule has 12 heteroatoms. The van der Waals surface area contributed by atoms with E-state index in [1.165, 1.54) is 44.0 Å². The van der Waals surface area contributed by atoms with E-state index in [0.29, 0.717) is 25.2 Å². The lowest BCUT2D eigenvalue weighted by Crippen LogP contribution is -2.54. The summed E-state index contributed by atoms with van der Waals surface area (Å²) in [5.41, 5.74) is 1.48. The van der Waals surface area contributed by atoms with Crippen LogP contribution in [-0.4, -0.2) is 69.5 Å². The summed E-state index contributed by atoms with van der Waals surface area (Å²) in [6.45, 7) is 0.527. The Morgan fingerprint density at radius 1 is 1.13 bits per heavy atom. The predicted octanol–water partition coefficient (Wildman–Crippen LogP) is 1.02. The van der Waals surface area contributed by atoms with Gasteiger partial charge in [-0.1, -0.05) is 5.23 Å². The Labute approximate surface area is 181 Å². The summed E-state index contributed by atoms with van der Waals surface area (Å²) >= 11 is 0. The topological polar surface area (TPSA) is 141 Å². The molecule has 0 bridgehead atoms. The molecule has 11 nitrogen and oxygen atoms in total. The van der Waals surface area contributed by atoms with Crippen LogP contribution in [-0.2, 0) is 33.8 Å². The Kier molecular flexibility index (Phi) is 9.19. The summed E-state index contributed by atoms with van der Waals surface area (Å²) in [5, 5.41) is 9.87. The molecule has 0 radical (unpaired) electrons. The van der Waals surface area contributed by atoms with Gasteiger partial charge in [-0.05, 0) is 49.9 Å². The smallest absolute Gasteiger partial charge is 0.273 e. The van der Waals surface area contributed by atoms with Crippen molar-refractivity contribution in [3.05, 3.63) is 24.3 Å². The number of benzene rings is 1. The minimum Gasteiger partial charge on any atom is -0.494 e. The standard InChI is InChI=1S/C19H28N2O9S/c1-27-21(28-2)17(22)5-3-4-12-30-15-6-8-16(9-7-15)31(25,26)19(18(23)20-24)10-13-29-14-11-19/h6-9,24H,3-5,10-14H2,1-2H3,(H,20,23). The third kappa shape index (κ3) is 5.71. The Morgan fingerprint density at radius 2 is 1.74 bits per heavy atom. The van der Waals surface area contributed by atoms with E-state index in [2.05, 4.69) is 0 Å². The molecule has 2 amide bonds. The molecule has 31 heavy (non-hydrogen) atoms. The molecule has 0 spiro atoms. The van der Waals surface area contributed by atoms with Crippen molar-refractivity contribution in [1.82, 2.24) is 10.7 Å². The summed E-state index contributed by atoms with van der Waals surface area (Å²) in [4.78, 5) is 33.4. The second-order valence-electron chi connectivity index (χ2n) is 6.84. The van der Waals surface area contributed by atoms with Gasteiger partial charge < -0.3 is 9.47 Å². The maximum atomic E-state index is 13.2. The number of unbranched alkanes of at least 4 members (excludes halogenated alkanes) is 1. The van der Waals surface area contributed by atoms with Crippen molar-refractivity contribution in [1.29, 1.82) is 0 Å². The highest BCUT2D eigenvalue weighted by molar-refractivity contribution is 7.93. The minimum atomic E-state index is -4.08. The van der Waals surface area contributed by atoms with Gasteiger partial charge in [0.1, 0.15) is 5.75 Å². The zero-order chi connectivity index (χ0) is 22.9. The highest BCUT2D eigenvalue weighted by Crippen LogP contribution is 2.35. The van der Waals surface area contributed by atoms with Gasteiger partial charge in [0.15, 0.2) is 14.6 Å². The van der Waals surface area contributed by atoms with Crippen LogP contribution in [0.15, 0.2) is 29.2 Å². The zero-order valence-corrected chi connectivity index (χ0v) is 18.4. The number of carbonyl (C=O) groups excluding carboxylic acids is 2. The second kappa shape index (κ2) is 11.4. The monoisotopic (exact) mass is 460 g/mol. The molecule has 2 N–H and O–H groups in total. The van der Waals surface area contributed by atoms with Gasteiger partial charge in [-0.3, -0.25) is 14.8 Å². The summed E-state index contributed by atoms with van der Waals surface area (Å²) < 4.78 is 35.3. The van der Waals surface area contributed by atoms with Gasteiger partial charge >= 0.3 is 0 Å². The van der Waals surface area contributed by atoms with Gasteiger partial charge in [-0.2, -0.15) is 0 Å². The quantitative estimate of drug-likeness (QED) is 0.281. The molecule has 0 aliphatic carbocycles. The first-order valence-corrected chi connectivity index (χ1v) is 11.2. The van der Waals surface area contributed by atoms with Gasteiger partial charge in [0.2, 0.25) is 0 Å². The first kappa shape index (κ1) is 25.0. The molecule has 1 saturated heterocycles. The molecule has 1 heterocycles. The normalized spacial score (nSPS) is 15.8. The molecular formula is C19H28N2O9S. The number of hydrogen-bond donors (Lipinski definition) is 2. The molecule has 1 fully saturated rings. The van der Waals surface area contributed by atoms with Gasteiger partial charge in [0.05, 0.1) is 25.7 Å². The van der Waals surface area contributed by atoms with Crippen molar-refractivity contribution in [3.8, 4) is 5.75 Å². The molecule has 1 aliphatic heterocycles. The maximum absolute atomic E-state index is 13.2. The van der Waals surface area contributed by atoms with Crippen LogP contribution in [0, 0.1) is 0 Å². The maximum Gasteiger partial charge on any atom is 0.273 e. The predicted molar refractivity (Wildman–Crippen MR) is 107 cm³/mol. The highest BCUT2D eigenvalue weighted by Gasteiger charge is 2.52. The van der Waals surface area contributed by atoms with Gasteiger partial charge in [0.25, 0.3) is 11.8 Å². The number of rotatable bonds is 11. The van der Waals surface area contributed by atoms with E-state index in [1.54, 1.807) is 0 Å². The molecule has 0 aromatic heterocycles. The van der Waals surface area contributed by atoms with Crippen molar-refractivity contribution < 1.29 is 42.4 Å². The van der Waals surface area contributed by atoms with Crippen LogP contribution in [0.4, 0.5) is 0 Å². The SMILES string of the molecule is CON(OC)C(=O)CCCCOc1ccc(S(=O)(=O)C2(C(=O)NO)CCOCC2)cc1. The fourth-order valence-corrected chi connectivity index (χ4v) is 5.24. The Morgan fingerprint density at radius 3 is 2.29 bits per heavy atom. The van der Waals surface area contributed by atoms with Crippen LogP contribution in [0.1, 0.15) is 32.1 Å². The number of hydroxylamine groups is 3. The number of carbonyl (C=O) groups is 2. The Bertz CT molecular complexity index is 832. The molecule has 1 aliphatic rings. The lowest BCUT2D eigenvalue weighted by molar-refractivity contribution is -0.317. The first-order valence-electron chi connectivity index (χ1n) is 9.73. The Balaban J connectivity index is 1.95. The van der Waals surface area contributed by atoms with Crippen LogP contribution in [0.2, 0.25) is 0 Å². The number of nitrogens with one attached hydrogen (secondary N) is 1. The van der Waals surface area contributed by atoms with E-state index in [4.69, 9.17) is 24.4 Å². The minimum absolute atomic E-state index is 0.0461. The molecule has 2 rings (SSSR count). The van der Waals surface area contributed by atoms with Crippen molar-refractivity contribution in [2.45, 2.75) is 41.7 Å². The number of sulfone groups is 1. The van der Waals surface area contributed by atoms with Gasteiger partial charge in [0, 0.05) is 19.6 Å². The molecule has 0 atom stereocenters. The molecule has 1 aromatic rings.